The molecule has 0 aliphatic rings. The van der Waals surface area contributed by atoms with Crippen molar-refractivity contribution in [3.8, 4) is 11.8 Å². The number of nitrogens with one attached hydrogen (secondary N) is 1. The Labute approximate surface area is 125 Å². The fourth-order valence-electron chi connectivity index (χ4n) is 1.96. The molecule has 0 saturated heterocycles. The molecule has 0 spiro atoms. The molecule has 0 aliphatic heterocycles. The van der Waals surface area contributed by atoms with Gasteiger partial charge in [-0.25, -0.2) is 4.98 Å². The van der Waals surface area contributed by atoms with Gasteiger partial charge in [-0.2, -0.15) is 5.26 Å². The second-order valence-electron chi connectivity index (χ2n) is 4.39. The molecule has 0 aliphatic carbocycles. The van der Waals surface area contributed by atoms with E-state index in [1.54, 1.807) is 19.2 Å². The summed E-state index contributed by atoms with van der Waals surface area (Å²) in [6, 6.07) is 13.1. The van der Waals surface area contributed by atoms with Gasteiger partial charge in [0.1, 0.15) is 11.8 Å². The van der Waals surface area contributed by atoms with Gasteiger partial charge in [-0.3, -0.25) is 0 Å². The Balaban J connectivity index is 1.91. The predicted molar refractivity (Wildman–Crippen MR) is 82.3 cm³/mol. The molecule has 5 nitrogen and oxygen atoms in total. The summed E-state index contributed by atoms with van der Waals surface area (Å²) in [5.74, 6) is 0.783. The van der Waals surface area contributed by atoms with E-state index in [0.717, 1.165) is 26.8 Å². The number of H-pyrrole nitrogens is 1. The molecule has 3 aromatic rings. The average Bonchev–Trinajstić information content (AvgIpc) is 2.88. The first-order valence-corrected chi connectivity index (χ1v) is 7.02. The van der Waals surface area contributed by atoms with Gasteiger partial charge in [0.2, 0.25) is 0 Å². The van der Waals surface area contributed by atoms with Gasteiger partial charge in [0.15, 0.2) is 5.16 Å². The van der Waals surface area contributed by atoms with E-state index < -0.39 is 0 Å². The summed E-state index contributed by atoms with van der Waals surface area (Å²) in [5.41, 5.74) is 8.56. The molecule has 0 amide bonds. The third kappa shape index (κ3) is 2.64. The van der Waals surface area contributed by atoms with Gasteiger partial charge in [0.05, 0.1) is 29.4 Å². The molecule has 0 radical (unpaired) electrons. The van der Waals surface area contributed by atoms with Crippen LogP contribution in [0, 0.1) is 11.3 Å². The van der Waals surface area contributed by atoms with Crippen molar-refractivity contribution in [1.82, 2.24) is 9.97 Å². The van der Waals surface area contributed by atoms with Crippen LogP contribution in [0.3, 0.4) is 0 Å². The molecular weight excluding hydrogens is 284 g/mol. The van der Waals surface area contributed by atoms with Crippen LogP contribution in [-0.4, -0.2) is 17.1 Å². The van der Waals surface area contributed by atoms with Crippen molar-refractivity contribution in [2.45, 2.75) is 10.1 Å². The van der Waals surface area contributed by atoms with Gasteiger partial charge >= 0.3 is 0 Å². The third-order valence-electron chi connectivity index (χ3n) is 3.03. The van der Waals surface area contributed by atoms with Crippen molar-refractivity contribution >= 4 is 28.5 Å². The first kappa shape index (κ1) is 13.3. The Bertz CT molecular complexity index is 850. The number of anilines is 1. The lowest BCUT2D eigenvalue weighted by Gasteiger charge is -2.01. The van der Waals surface area contributed by atoms with Gasteiger partial charge in [0.25, 0.3) is 0 Å². The lowest BCUT2D eigenvalue weighted by atomic mass is 10.2. The number of benzene rings is 2. The number of rotatable bonds is 3. The lowest BCUT2D eigenvalue weighted by molar-refractivity contribution is 0.415. The minimum atomic E-state index is 0.472. The fraction of sp³-hybridized carbons (Fsp3) is 0.0667. The summed E-state index contributed by atoms with van der Waals surface area (Å²) in [7, 11) is 1.63. The highest BCUT2D eigenvalue weighted by atomic mass is 32.2. The number of methoxy groups -OCH3 is 1. The van der Waals surface area contributed by atoms with Crippen molar-refractivity contribution in [1.29, 1.82) is 5.26 Å². The van der Waals surface area contributed by atoms with Crippen LogP contribution in [0.5, 0.6) is 5.75 Å². The highest BCUT2D eigenvalue weighted by Gasteiger charge is 2.07. The maximum absolute atomic E-state index is 8.88. The third-order valence-corrected chi connectivity index (χ3v) is 3.90. The van der Waals surface area contributed by atoms with Crippen LogP contribution in [0.1, 0.15) is 5.56 Å². The molecule has 0 fully saturated rings. The Kier molecular flexibility index (Phi) is 3.42. The highest BCUT2D eigenvalue weighted by molar-refractivity contribution is 7.99. The number of nitrogen functional groups attached to an aromatic ring is 1. The van der Waals surface area contributed by atoms with E-state index in [1.807, 2.05) is 30.3 Å². The maximum Gasteiger partial charge on any atom is 0.171 e. The number of ether oxygens (including phenoxy) is 1. The van der Waals surface area contributed by atoms with E-state index in [2.05, 4.69) is 9.97 Å². The van der Waals surface area contributed by atoms with Crippen molar-refractivity contribution in [3.63, 3.8) is 0 Å². The van der Waals surface area contributed by atoms with E-state index in [4.69, 9.17) is 15.7 Å². The number of aromatic amines is 1. The van der Waals surface area contributed by atoms with Crippen LogP contribution < -0.4 is 10.5 Å². The Morgan fingerprint density at radius 3 is 2.86 bits per heavy atom. The minimum Gasteiger partial charge on any atom is -0.497 e. The second kappa shape index (κ2) is 5.38. The average molecular weight is 296 g/mol. The van der Waals surface area contributed by atoms with E-state index in [9.17, 15) is 0 Å². The predicted octanol–water partition coefficient (Wildman–Crippen LogP) is 3.18. The van der Waals surface area contributed by atoms with Crippen LogP contribution in [0.2, 0.25) is 0 Å². The SMILES string of the molecule is COc1ccc2nc(Sc3ccc(C#N)c(N)c3)[nH]c2c1. The number of nitrogens with zero attached hydrogens (tertiary/aromatic N) is 2. The van der Waals surface area contributed by atoms with Gasteiger partial charge < -0.3 is 15.5 Å². The number of hydrogen-bond donors (Lipinski definition) is 2. The number of fused-ring (bicyclic) bond motifs is 1. The van der Waals surface area contributed by atoms with E-state index in [-0.39, 0.29) is 0 Å². The zero-order valence-corrected chi connectivity index (χ0v) is 12.1. The Hall–Kier alpha value is -2.65. The van der Waals surface area contributed by atoms with Crippen molar-refractivity contribution in [2.75, 3.05) is 12.8 Å². The first-order valence-electron chi connectivity index (χ1n) is 6.21. The molecule has 0 unspecified atom stereocenters. The molecular formula is C15H12N4OS. The zero-order valence-electron chi connectivity index (χ0n) is 11.3. The topological polar surface area (TPSA) is 87.7 Å². The summed E-state index contributed by atoms with van der Waals surface area (Å²) < 4.78 is 5.19. The number of aromatic nitrogens is 2. The summed E-state index contributed by atoms with van der Waals surface area (Å²) in [5, 5.41) is 9.64. The normalized spacial score (nSPS) is 10.5. The van der Waals surface area contributed by atoms with Crippen molar-refractivity contribution < 1.29 is 4.74 Å². The summed E-state index contributed by atoms with van der Waals surface area (Å²) in [6.07, 6.45) is 0. The molecule has 3 N–H and O–H groups in total. The van der Waals surface area contributed by atoms with Gasteiger partial charge in [-0.1, -0.05) is 11.8 Å². The van der Waals surface area contributed by atoms with E-state index in [1.165, 1.54) is 11.8 Å². The summed E-state index contributed by atoms with van der Waals surface area (Å²) in [4.78, 5) is 8.66. The molecule has 0 saturated carbocycles. The lowest BCUT2D eigenvalue weighted by Crippen LogP contribution is -1.90. The first-order chi connectivity index (χ1) is 10.2. The molecule has 6 heteroatoms. The van der Waals surface area contributed by atoms with Crippen LogP contribution in [0.4, 0.5) is 5.69 Å². The molecule has 21 heavy (non-hydrogen) atoms. The molecule has 104 valence electrons. The Morgan fingerprint density at radius 2 is 2.14 bits per heavy atom. The van der Waals surface area contributed by atoms with Crippen molar-refractivity contribution in [2.24, 2.45) is 0 Å². The van der Waals surface area contributed by atoms with E-state index in [0.29, 0.717) is 11.3 Å². The van der Waals surface area contributed by atoms with Crippen molar-refractivity contribution in [3.05, 3.63) is 42.0 Å². The smallest absolute Gasteiger partial charge is 0.171 e. The second-order valence-corrected chi connectivity index (χ2v) is 5.45. The van der Waals surface area contributed by atoms with E-state index >= 15 is 0 Å². The van der Waals surface area contributed by atoms with Gasteiger partial charge in [0, 0.05) is 11.0 Å². The van der Waals surface area contributed by atoms with Gasteiger partial charge in [-0.15, -0.1) is 0 Å². The number of nitriles is 1. The van der Waals surface area contributed by atoms with Crippen LogP contribution in [-0.2, 0) is 0 Å². The summed E-state index contributed by atoms with van der Waals surface area (Å²) >= 11 is 1.46. The van der Waals surface area contributed by atoms with Crippen LogP contribution in [0.25, 0.3) is 11.0 Å². The fourth-order valence-corrected chi connectivity index (χ4v) is 2.81. The number of nitrogens with two attached hydrogens (primary N) is 1. The number of imidazole rings is 1. The maximum atomic E-state index is 8.88. The zero-order chi connectivity index (χ0) is 14.8. The van der Waals surface area contributed by atoms with Gasteiger partial charge in [-0.05, 0) is 30.3 Å². The molecule has 1 heterocycles. The monoisotopic (exact) mass is 296 g/mol. The number of hydrogen-bond acceptors (Lipinski definition) is 5. The van der Waals surface area contributed by atoms with Crippen LogP contribution >= 0.6 is 11.8 Å². The minimum absolute atomic E-state index is 0.472. The standard InChI is InChI=1S/C15H12N4OS/c1-20-10-3-5-13-14(6-10)19-15(18-13)21-11-4-2-9(8-16)12(17)7-11/h2-7H,17H2,1H3,(H,18,19). The summed E-state index contributed by atoms with van der Waals surface area (Å²) in [6.45, 7) is 0. The molecule has 0 atom stereocenters. The molecule has 2 aromatic carbocycles. The Morgan fingerprint density at radius 1 is 1.29 bits per heavy atom. The molecule has 0 bridgehead atoms. The molecule has 3 rings (SSSR count). The highest BCUT2D eigenvalue weighted by Crippen LogP contribution is 2.30. The quantitative estimate of drug-likeness (QED) is 0.725. The largest absolute Gasteiger partial charge is 0.497 e. The molecule has 1 aromatic heterocycles. The van der Waals surface area contributed by atoms with Crippen LogP contribution in [0.15, 0.2) is 46.5 Å².